The zero-order valence-electron chi connectivity index (χ0n) is 16.8. The van der Waals surface area contributed by atoms with E-state index in [0.717, 1.165) is 6.42 Å². The second kappa shape index (κ2) is 11.0. The average Bonchev–Trinajstić information content (AvgIpc) is 3.36. The van der Waals surface area contributed by atoms with E-state index in [-0.39, 0.29) is 0 Å². The largest absolute Gasteiger partial charge is 0.378 e. The van der Waals surface area contributed by atoms with Gasteiger partial charge >= 0.3 is 0 Å². The lowest BCUT2D eigenvalue weighted by molar-refractivity contribution is -0.111. The van der Waals surface area contributed by atoms with Crippen LogP contribution >= 0.6 is 0 Å². The lowest BCUT2D eigenvalue weighted by Gasteiger charge is -2.12. The van der Waals surface area contributed by atoms with Crippen molar-refractivity contribution in [2.24, 2.45) is 5.92 Å². The Labute approximate surface area is 159 Å². The van der Waals surface area contributed by atoms with Crippen molar-refractivity contribution in [2.75, 3.05) is 19.0 Å². The number of hydrogen-bond acceptors (Lipinski definition) is 2. The van der Waals surface area contributed by atoms with Gasteiger partial charge in [-0.1, -0.05) is 82.2 Å². The maximum Gasteiger partial charge on any atom is 0.137 e. The first-order chi connectivity index (χ1) is 12.6. The molecule has 26 heavy (non-hydrogen) atoms. The fourth-order valence-corrected chi connectivity index (χ4v) is 3.25. The van der Waals surface area contributed by atoms with E-state index in [4.69, 9.17) is 0 Å². The van der Waals surface area contributed by atoms with Crippen molar-refractivity contribution in [3.63, 3.8) is 0 Å². The number of ketones is 1. The van der Waals surface area contributed by atoms with E-state index >= 15 is 0 Å². The maximum atomic E-state index is 10.7. The van der Waals surface area contributed by atoms with Gasteiger partial charge in [0.25, 0.3) is 0 Å². The molecule has 1 aliphatic rings. The van der Waals surface area contributed by atoms with Crippen molar-refractivity contribution in [3.05, 3.63) is 42.5 Å². The number of fused-ring (bicyclic) bond motifs is 1. The lowest BCUT2D eigenvalue weighted by Crippen LogP contribution is -2.07. The van der Waals surface area contributed by atoms with Crippen LogP contribution < -0.4 is 4.90 Å². The zero-order valence-corrected chi connectivity index (χ0v) is 16.8. The first kappa shape index (κ1) is 20.5. The van der Waals surface area contributed by atoms with Gasteiger partial charge in [0.2, 0.25) is 0 Å². The molecule has 0 bridgehead atoms. The predicted octanol–water partition coefficient (Wildman–Crippen LogP) is 6.62. The number of carbonyl (C=O) groups is 1. The molecule has 2 aromatic rings. The summed E-state index contributed by atoms with van der Waals surface area (Å²) in [4.78, 5) is 12.8. The molecule has 2 aromatic carbocycles. The van der Waals surface area contributed by atoms with E-state index in [1.807, 2.05) is 0 Å². The summed E-state index contributed by atoms with van der Waals surface area (Å²) in [5.41, 5.74) is 1.25. The summed E-state index contributed by atoms with van der Waals surface area (Å²) < 4.78 is 0. The minimum atomic E-state index is 0.482. The number of hydrogen-bond donors (Lipinski definition) is 0. The molecule has 0 radical (unpaired) electrons. The number of nitrogens with zero attached hydrogens (tertiary/aromatic N) is 1. The summed E-state index contributed by atoms with van der Waals surface area (Å²) in [6.07, 6.45) is 11.6. The monoisotopic (exact) mass is 353 g/mol. The summed E-state index contributed by atoms with van der Waals surface area (Å²) in [6, 6.07) is 14.9. The summed E-state index contributed by atoms with van der Waals surface area (Å²) in [6.45, 7) is 2.25. The van der Waals surface area contributed by atoms with Crippen LogP contribution in [0.5, 0.6) is 0 Å². The van der Waals surface area contributed by atoms with Gasteiger partial charge in [-0.15, -0.1) is 0 Å². The van der Waals surface area contributed by atoms with E-state index in [2.05, 4.69) is 68.4 Å². The third-order valence-electron chi connectivity index (χ3n) is 5.15. The topological polar surface area (TPSA) is 20.3 Å². The highest BCUT2D eigenvalue weighted by atomic mass is 16.1. The van der Waals surface area contributed by atoms with Gasteiger partial charge in [0, 0.05) is 32.1 Å². The molecule has 0 heterocycles. The van der Waals surface area contributed by atoms with Gasteiger partial charge in [-0.2, -0.15) is 0 Å². The highest BCUT2D eigenvalue weighted by molar-refractivity contribution is 5.95. The Kier molecular flexibility index (Phi) is 8.67. The van der Waals surface area contributed by atoms with Crippen LogP contribution in [-0.2, 0) is 4.79 Å². The number of unbranched alkanes of at least 4 members (excludes halogenated alkanes) is 6. The molecule has 3 rings (SSSR count). The first-order valence-corrected chi connectivity index (χ1v) is 10.3. The highest BCUT2D eigenvalue weighted by Gasteiger charge is 2.33. The summed E-state index contributed by atoms with van der Waals surface area (Å²) in [7, 11) is 4.12. The second-order valence-corrected chi connectivity index (χ2v) is 7.70. The van der Waals surface area contributed by atoms with Gasteiger partial charge in [-0.05, 0) is 29.3 Å². The van der Waals surface area contributed by atoms with Gasteiger partial charge in [0.15, 0.2) is 0 Å². The molecule has 2 nitrogen and oxygen atoms in total. The van der Waals surface area contributed by atoms with Crippen molar-refractivity contribution in [1.29, 1.82) is 0 Å². The summed E-state index contributed by atoms with van der Waals surface area (Å²) in [5, 5.41) is 2.60. The molecule has 0 spiro atoms. The molecule has 1 aliphatic carbocycles. The number of rotatable bonds is 9. The molecule has 0 aliphatic heterocycles. The molecule has 1 fully saturated rings. The molecular formula is C24H35NO. The Balaban J connectivity index is 0.000000187. The van der Waals surface area contributed by atoms with Gasteiger partial charge in [0.05, 0.1) is 0 Å². The molecule has 0 aromatic heterocycles. The molecule has 0 N–H and O–H groups in total. The van der Waals surface area contributed by atoms with Crippen LogP contribution in [0, 0.1) is 5.92 Å². The normalized spacial score (nSPS) is 15.5. The minimum Gasteiger partial charge on any atom is -0.378 e. The predicted molar refractivity (Wildman–Crippen MR) is 114 cm³/mol. The molecule has 142 valence electrons. The zero-order chi connectivity index (χ0) is 18.8. The highest BCUT2D eigenvalue weighted by Crippen LogP contribution is 2.29. The Bertz CT molecular complexity index is 677. The second-order valence-electron chi connectivity index (χ2n) is 7.70. The Morgan fingerprint density at radius 1 is 0.885 bits per heavy atom. The van der Waals surface area contributed by atoms with E-state index < -0.39 is 0 Å². The Morgan fingerprint density at radius 3 is 2.12 bits per heavy atom. The van der Waals surface area contributed by atoms with Crippen LogP contribution in [0.2, 0.25) is 0 Å². The fraction of sp³-hybridized carbons (Fsp3) is 0.542. The minimum absolute atomic E-state index is 0.482. The first-order valence-electron chi connectivity index (χ1n) is 10.3. The molecular weight excluding hydrogens is 318 g/mol. The van der Waals surface area contributed by atoms with Crippen LogP contribution in [0.1, 0.15) is 64.7 Å². The quantitative estimate of drug-likeness (QED) is 0.472. The van der Waals surface area contributed by atoms with Gasteiger partial charge < -0.3 is 4.90 Å². The van der Waals surface area contributed by atoms with Gasteiger partial charge in [-0.3, -0.25) is 4.79 Å². The molecule has 1 saturated carbocycles. The Morgan fingerprint density at radius 2 is 1.50 bits per heavy atom. The van der Waals surface area contributed by atoms with Crippen LogP contribution in [-0.4, -0.2) is 19.9 Å². The van der Waals surface area contributed by atoms with Crippen molar-refractivity contribution in [1.82, 2.24) is 0 Å². The van der Waals surface area contributed by atoms with Crippen molar-refractivity contribution in [3.8, 4) is 0 Å². The van der Waals surface area contributed by atoms with Gasteiger partial charge in [-0.25, -0.2) is 0 Å². The van der Waals surface area contributed by atoms with Crippen LogP contribution in [0.3, 0.4) is 0 Å². The molecule has 1 unspecified atom stereocenters. The third kappa shape index (κ3) is 7.19. The van der Waals surface area contributed by atoms with Crippen molar-refractivity contribution < 1.29 is 4.79 Å². The van der Waals surface area contributed by atoms with Crippen molar-refractivity contribution >= 4 is 22.2 Å². The number of anilines is 1. The van der Waals surface area contributed by atoms with Gasteiger partial charge in [0.1, 0.15) is 5.78 Å². The fourth-order valence-electron chi connectivity index (χ4n) is 3.25. The smallest absolute Gasteiger partial charge is 0.137 e. The molecule has 2 heteroatoms. The average molecular weight is 354 g/mol. The van der Waals surface area contributed by atoms with E-state index in [1.165, 1.54) is 67.8 Å². The Hall–Kier alpha value is -1.83. The standard InChI is InChI=1S/C12H13N.C12H22O/c1-13(2)12-8-7-10-5-3-4-6-11(10)9-12;1-2-3-4-5-6-7-8-9-11-10-12(11)13/h3-9H,1-2H3;11H,2-10H2,1H3. The molecule has 0 amide bonds. The van der Waals surface area contributed by atoms with E-state index in [1.54, 1.807) is 0 Å². The number of carbonyl (C=O) groups excluding carboxylic acids is 1. The van der Waals surface area contributed by atoms with E-state index in [0.29, 0.717) is 11.7 Å². The van der Waals surface area contributed by atoms with Crippen molar-refractivity contribution in [2.45, 2.75) is 64.7 Å². The summed E-state index contributed by atoms with van der Waals surface area (Å²) in [5.74, 6) is 0.988. The van der Waals surface area contributed by atoms with E-state index in [9.17, 15) is 4.79 Å². The third-order valence-corrected chi connectivity index (χ3v) is 5.15. The summed E-state index contributed by atoms with van der Waals surface area (Å²) >= 11 is 0. The van der Waals surface area contributed by atoms with Crippen LogP contribution in [0.15, 0.2) is 42.5 Å². The maximum absolute atomic E-state index is 10.7. The lowest BCUT2D eigenvalue weighted by atomic mass is 10.1. The number of Topliss-reactive ketones (excluding diaryl/α,β-unsaturated/α-hetero) is 1. The van der Waals surface area contributed by atoms with Crippen LogP contribution in [0.25, 0.3) is 10.8 Å². The molecule has 1 atom stereocenters. The molecule has 0 saturated heterocycles. The van der Waals surface area contributed by atoms with Crippen LogP contribution in [0.4, 0.5) is 5.69 Å². The number of benzene rings is 2. The SMILES string of the molecule is CCCCCCCCCC1CC1=O.CN(C)c1ccc2ccccc2c1.